The quantitative estimate of drug-likeness (QED) is 0.450. The number of aryl methyl sites for hydroxylation is 1. The number of rotatable bonds is 6. The number of fused-ring (bicyclic) bond motifs is 1. The summed E-state index contributed by atoms with van der Waals surface area (Å²) < 4.78 is 8.76. The topological polar surface area (TPSA) is 103 Å². The van der Waals surface area contributed by atoms with Gasteiger partial charge >= 0.3 is 11.8 Å². The Labute approximate surface area is 239 Å². The molecule has 3 aromatic rings. The zero-order valence-corrected chi connectivity index (χ0v) is 23.8. The standard InChI is InChI=1S/C32H38N4O5/c1-34(31(40)41-20-21-7-4-3-5-8-21)24-13-15-32(16-14-24)18-22(19-32)17-23-9-6-10-25-28(23)35(2)30(39)36(25)26-11-12-27(37)33-29(26)38/h3-10,22,24,26H,11-20H2,1-2H3,(H,33,37,38). The number of imidazole rings is 1. The van der Waals surface area contributed by atoms with Crippen molar-refractivity contribution >= 4 is 28.9 Å². The van der Waals surface area contributed by atoms with Gasteiger partial charge in [-0.3, -0.25) is 24.0 Å². The van der Waals surface area contributed by atoms with E-state index in [-0.39, 0.29) is 36.8 Å². The zero-order chi connectivity index (χ0) is 28.7. The maximum Gasteiger partial charge on any atom is 0.410 e. The van der Waals surface area contributed by atoms with Crippen LogP contribution in [0.2, 0.25) is 0 Å². The molecule has 2 heterocycles. The number of carbonyl (C=O) groups excluding carboxylic acids is 3. The number of imide groups is 1. The molecular formula is C32H38N4O5. The molecule has 6 rings (SSSR count). The minimum absolute atomic E-state index is 0.207. The van der Waals surface area contributed by atoms with Gasteiger partial charge in [0.2, 0.25) is 11.8 Å². The molecule has 9 nitrogen and oxygen atoms in total. The Morgan fingerprint density at radius 1 is 1.02 bits per heavy atom. The Kier molecular flexibility index (Phi) is 7.21. The average molecular weight is 559 g/mol. The molecule has 3 fully saturated rings. The van der Waals surface area contributed by atoms with E-state index in [0.29, 0.717) is 17.8 Å². The van der Waals surface area contributed by atoms with E-state index in [1.165, 1.54) is 0 Å². The van der Waals surface area contributed by atoms with E-state index < -0.39 is 11.9 Å². The van der Waals surface area contributed by atoms with Crippen LogP contribution >= 0.6 is 0 Å². The van der Waals surface area contributed by atoms with Gasteiger partial charge in [-0.2, -0.15) is 0 Å². The van der Waals surface area contributed by atoms with Gasteiger partial charge in [-0.05, 0) is 79.9 Å². The number of aromatic nitrogens is 2. The van der Waals surface area contributed by atoms with Crippen molar-refractivity contribution in [2.24, 2.45) is 18.4 Å². The summed E-state index contributed by atoms with van der Waals surface area (Å²) in [4.78, 5) is 51.9. The maximum absolute atomic E-state index is 13.2. The number of ether oxygens (including phenoxy) is 1. The lowest BCUT2D eigenvalue weighted by molar-refractivity contribution is -0.135. The van der Waals surface area contributed by atoms with E-state index in [1.807, 2.05) is 49.5 Å². The molecule has 1 atom stereocenters. The second-order valence-electron chi connectivity index (χ2n) is 12.3. The fraction of sp³-hybridized carbons (Fsp3) is 0.500. The smallest absolute Gasteiger partial charge is 0.410 e. The van der Waals surface area contributed by atoms with Gasteiger partial charge in [-0.1, -0.05) is 42.5 Å². The minimum Gasteiger partial charge on any atom is -0.445 e. The Bertz CT molecular complexity index is 1520. The molecule has 216 valence electrons. The summed E-state index contributed by atoms with van der Waals surface area (Å²) >= 11 is 0. The SMILES string of the molecule is CN(C(=O)OCc1ccccc1)C1CCC2(CC1)CC(Cc1cccc3c1n(C)c(=O)n3C1CCC(=O)NC1=O)C2. The number of nitrogens with zero attached hydrogens (tertiary/aromatic N) is 3. The molecule has 1 aliphatic heterocycles. The monoisotopic (exact) mass is 558 g/mol. The van der Waals surface area contributed by atoms with Crippen molar-refractivity contribution < 1.29 is 19.1 Å². The number of hydrogen-bond donors (Lipinski definition) is 1. The average Bonchev–Trinajstić information content (AvgIpc) is 3.21. The highest BCUT2D eigenvalue weighted by molar-refractivity contribution is 6.00. The van der Waals surface area contributed by atoms with Crippen molar-refractivity contribution in [3.63, 3.8) is 0 Å². The molecule has 2 aliphatic carbocycles. The van der Waals surface area contributed by atoms with Crippen LogP contribution in [0, 0.1) is 11.3 Å². The Hall–Kier alpha value is -3.88. The van der Waals surface area contributed by atoms with E-state index >= 15 is 0 Å². The molecule has 41 heavy (non-hydrogen) atoms. The molecule has 2 saturated carbocycles. The summed E-state index contributed by atoms with van der Waals surface area (Å²) in [6.07, 6.45) is 7.70. The third kappa shape index (κ3) is 5.18. The first-order chi connectivity index (χ1) is 19.7. The summed E-state index contributed by atoms with van der Waals surface area (Å²) in [5.41, 5.74) is 3.86. The van der Waals surface area contributed by atoms with Crippen LogP contribution in [-0.2, 0) is 34.4 Å². The summed E-state index contributed by atoms with van der Waals surface area (Å²) in [5.74, 6) is -0.157. The predicted molar refractivity (Wildman–Crippen MR) is 154 cm³/mol. The van der Waals surface area contributed by atoms with Crippen molar-refractivity contribution in [3.8, 4) is 0 Å². The van der Waals surface area contributed by atoms with Crippen LogP contribution in [0.5, 0.6) is 0 Å². The molecule has 9 heteroatoms. The second kappa shape index (κ2) is 10.8. The lowest BCUT2D eigenvalue weighted by Gasteiger charge is -2.52. The number of benzene rings is 2. The van der Waals surface area contributed by atoms with E-state index in [9.17, 15) is 19.2 Å². The molecule has 1 aromatic heterocycles. The Balaban J connectivity index is 1.06. The normalized spacial score (nSPS) is 26.0. The summed E-state index contributed by atoms with van der Waals surface area (Å²) in [7, 11) is 3.62. The lowest BCUT2D eigenvalue weighted by atomic mass is 9.54. The van der Waals surface area contributed by atoms with Gasteiger partial charge in [0.05, 0.1) is 11.0 Å². The number of hydrogen-bond acceptors (Lipinski definition) is 5. The summed E-state index contributed by atoms with van der Waals surface area (Å²) in [6.45, 7) is 0.289. The number of carbonyl (C=O) groups is 3. The van der Waals surface area contributed by atoms with E-state index in [2.05, 4.69) is 11.4 Å². The highest BCUT2D eigenvalue weighted by Crippen LogP contribution is 2.56. The van der Waals surface area contributed by atoms with Crippen LogP contribution in [0.1, 0.15) is 68.5 Å². The van der Waals surface area contributed by atoms with Crippen LogP contribution in [0.4, 0.5) is 4.79 Å². The Morgan fingerprint density at radius 3 is 2.46 bits per heavy atom. The molecular weight excluding hydrogens is 520 g/mol. The molecule has 3 amide bonds. The molecule has 1 N–H and O–H groups in total. The fourth-order valence-electron chi connectivity index (χ4n) is 7.52. The Morgan fingerprint density at radius 2 is 1.76 bits per heavy atom. The first kappa shape index (κ1) is 27.3. The zero-order valence-electron chi connectivity index (χ0n) is 23.8. The van der Waals surface area contributed by atoms with Crippen molar-refractivity contribution in [1.82, 2.24) is 19.4 Å². The number of para-hydroxylation sites is 1. The fourth-order valence-corrected chi connectivity index (χ4v) is 7.52. The summed E-state index contributed by atoms with van der Waals surface area (Å²) in [5, 5.41) is 2.38. The van der Waals surface area contributed by atoms with Crippen molar-refractivity contribution in [3.05, 3.63) is 70.1 Å². The van der Waals surface area contributed by atoms with Gasteiger partial charge < -0.3 is 9.64 Å². The molecule has 3 aliphatic rings. The van der Waals surface area contributed by atoms with Crippen LogP contribution in [0.15, 0.2) is 53.3 Å². The van der Waals surface area contributed by atoms with Gasteiger partial charge in [-0.15, -0.1) is 0 Å². The predicted octanol–water partition coefficient (Wildman–Crippen LogP) is 4.47. The number of amides is 3. The van der Waals surface area contributed by atoms with E-state index in [1.54, 1.807) is 21.1 Å². The van der Waals surface area contributed by atoms with Crippen molar-refractivity contribution in [1.29, 1.82) is 0 Å². The largest absolute Gasteiger partial charge is 0.445 e. The molecule has 0 bridgehead atoms. The lowest BCUT2D eigenvalue weighted by Crippen LogP contribution is -2.46. The van der Waals surface area contributed by atoms with Crippen LogP contribution in [-0.4, -0.2) is 45.0 Å². The van der Waals surface area contributed by atoms with E-state index in [0.717, 1.165) is 67.1 Å². The maximum atomic E-state index is 13.2. The molecule has 0 radical (unpaired) electrons. The van der Waals surface area contributed by atoms with Gasteiger partial charge in [0, 0.05) is 26.6 Å². The van der Waals surface area contributed by atoms with Crippen molar-refractivity contribution in [2.75, 3.05) is 7.05 Å². The van der Waals surface area contributed by atoms with Gasteiger partial charge in [0.1, 0.15) is 12.6 Å². The molecule has 1 unspecified atom stereocenters. The van der Waals surface area contributed by atoms with Crippen LogP contribution in [0.25, 0.3) is 11.0 Å². The van der Waals surface area contributed by atoms with Crippen molar-refractivity contribution in [2.45, 2.75) is 76.5 Å². The van der Waals surface area contributed by atoms with Gasteiger partial charge in [0.25, 0.3) is 0 Å². The number of piperidine rings is 1. The second-order valence-corrected chi connectivity index (χ2v) is 12.3. The first-order valence-electron chi connectivity index (χ1n) is 14.7. The first-order valence-corrected chi connectivity index (χ1v) is 14.7. The van der Waals surface area contributed by atoms with Crippen LogP contribution in [0.3, 0.4) is 0 Å². The minimum atomic E-state index is -0.671. The highest BCUT2D eigenvalue weighted by Gasteiger charge is 2.46. The molecule has 1 saturated heterocycles. The molecule has 1 spiro atoms. The number of nitrogens with one attached hydrogen (secondary N) is 1. The summed E-state index contributed by atoms with van der Waals surface area (Å²) in [6, 6.07) is 15.2. The third-order valence-corrected chi connectivity index (χ3v) is 9.72. The third-order valence-electron chi connectivity index (χ3n) is 9.72. The molecule has 2 aromatic carbocycles. The van der Waals surface area contributed by atoms with Gasteiger partial charge in [-0.25, -0.2) is 9.59 Å². The van der Waals surface area contributed by atoms with Gasteiger partial charge in [0.15, 0.2) is 0 Å². The highest BCUT2D eigenvalue weighted by atomic mass is 16.6. The van der Waals surface area contributed by atoms with E-state index in [4.69, 9.17) is 4.74 Å². The van der Waals surface area contributed by atoms with Crippen LogP contribution < -0.4 is 11.0 Å².